The Morgan fingerprint density at radius 3 is 2.57 bits per heavy atom. The molecule has 0 spiro atoms. The lowest BCUT2D eigenvalue weighted by atomic mass is 9.90. The van der Waals surface area contributed by atoms with E-state index in [1.165, 1.54) is 0 Å². The van der Waals surface area contributed by atoms with E-state index in [4.69, 9.17) is 0 Å². The van der Waals surface area contributed by atoms with Crippen LogP contribution >= 0.6 is 0 Å². The second-order valence-corrected chi connectivity index (χ2v) is 6.47. The number of β-amino-alcohol motifs (C(OH)–C–C–N with tert-alkyl or cyclic N) is 1. The maximum atomic E-state index is 12.6. The molecule has 6 heteroatoms. The first-order valence-electron chi connectivity index (χ1n) is 7.72. The molecule has 1 fully saturated rings. The second-order valence-electron chi connectivity index (χ2n) is 6.47. The fourth-order valence-corrected chi connectivity index (χ4v) is 2.76. The van der Waals surface area contributed by atoms with Crippen LogP contribution in [-0.2, 0) is 0 Å². The Labute approximate surface area is 134 Å². The number of rotatable bonds is 1. The number of carbonyl (C=O) groups is 1. The van der Waals surface area contributed by atoms with Crippen molar-refractivity contribution in [2.45, 2.75) is 38.9 Å². The summed E-state index contributed by atoms with van der Waals surface area (Å²) in [6, 6.07) is 5.25. The van der Waals surface area contributed by atoms with E-state index in [0.29, 0.717) is 24.0 Å². The van der Waals surface area contributed by atoms with Crippen LogP contribution in [0, 0.1) is 13.8 Å². The van der Waals surface area contributed by atoms with Crippen LogP contribution in [-0.4, -0.2) is 55.8 Å². The number of aliphatic hydroxyl groups is 2. The number of nitrogens with zero attached hydrogens (tertiary/aromatic N) is 3. The summed E-state index contributed by atoms with van der Waals surface area (Å²) >= 11 is 0. The Bertz CT molecular complexity index is 773. The Morgan fingerprint density at radius 2 is 1.91 bits per heavy atom. The van der Waals surface area contributed by atoms with Crippen molar-refractivity contribution in [3.63, 3.8) is 0 Å². The number of aromatic nitrogens is 2. The largest absolute Gasteiger partial charge is 0.388 e. The average molecular weight is 315 g/mol. The third-order valence-corrected chi connectivity index (χ3v) is 4.61. The van der Waals surface area contributed by atoms with Gasteiger partial charge < -0.3 is 15.1 Å². The molecule has 6 nitrogen and oxygen atoms in total. The van der Waals surface area contributed by atoms with Crippen LogP contribution in [0.2, 0.25) is 0 Å². The summed E-state index contributed by atoms with van der Waals surface area (Å²) in [6.45, 7) is 5.93. The molecule has 2 atom stereocenters. The van der Waals surface area contributed by atoms with E-state index in [1.54, 1.807) is 30.0 Å². The molecule has 122 valence electrons. The quantitative estimate of drug-likeness (QED) is 0.826. The minimum Gasteiger partial charge on any atom is -0.388 e. The highest BCUT2D eigenvalue weighted by Gasteiger charge is 2.38. The van der Waals surface area contributed by atoms with E-state index < -0.39 is 11.7 Å². The third kappa shape index (κ3) is 2.92. The summed E-state index contributed by atoms with van der Waals surface area (Å²) < 4.78 is 0. The van der Waals surface area contributed by atoms with Crippen LogP contribution in [0.5, 0.6) is 0 Å². The summed E-state index contributed by atoms with van der Waals surface area (Å²) in [5.74, 6) is -0.165. The fourth-order valence-electron chi connectivity index (χ4n) is 2.76. The normalized spacial score (nSPS) is 24.9. The monoisotopic (exact) mass is 315 g/mol. The van der Waals surface area contributed by atoms with E-state index in [2.05, 4.69) is 9.97 Å². The number of carbonyl (C=O) groups excluding carboxylic acids is 1. The molecular formula is C17H21N3O3. The third-order valence-electron chi connectivity index (χ3n) is 4.61. The van der Waals surface area contributed by atoms with Crippen molar-refractivity contribution < 1.29 is 15.0 Å². The first kappa shape index (κ1) is 15.8. The Kier molecular flexibility index (Phi) is 3.82. The highest BCUT2D eigenvalue weighted by Crippen LogP contribution is 2.24. The number of piperidine rings is 1. The van der Waals surface area contributed by atoms with Gasteiger partial charge in [0.25, 0.3) is 5.91 Å². The van der Waals surface area contributed by atoms with Crippen molar-refractivity contribution in [2.75, 3.05) is 13.1 Å². The number of hydrogen-bond donors (Lipinski definition) is 2. The summed E-state index contributed by atoms with van der Waals surface area (Å²) in [6.07, 6.45) is -0.587. The Morgan fingerprint density at radius 1 is 1.26 bits per heavy atom. The molecule has 1 saturated heterocycles. The lowest BCUT2D eigenvalue weighted by Gasteiger charge is -2.39. The second kappa shape index (κ2) is 5.54. The lowest BCUT2D eigenvalue weighted by molar-refractivity contribution is -0.0999. The average Bonchev–Trinajstić information content (AvgIpc) is 2.50. The molecular weight excluding hydrogens is 294 g/mol. The van der Waals surface area contributed by atoms with Crippen LogP contribution in [0.4, 0.5) is 0 Å². The van der Waals surface area contributed by atoms with Gasteiger partial charge in [-0.05, 0) is 45.4 Å². The molecule has 0 saturated carbocycles. The molecule has 1 amide bonds. The molecule has 2 N–H and O–H groups in total. The van der Waals surface area contributed by atoms with E-state index in [1.807, 2.05) is 13.8 Å². The molecule has 1 aromatic heterocycles. The maximum absolute atomic E-state index is 12.6. The number of benzene rings is 1. The number of hydrogen-bond acceptors (Lipinski definition) is 5. The Balaban J connectivity index is 1.88. The lowest BCUT2D eigenvalue weighted by Crippen LogP contribution is -2.55. The van der Waals surface area contributed by atoms with Crippen LogP contribution in [0.1, 0.15) is 35.1 Å². The van der Waals surface area contributed by atoms with Crippen molar-refractivity contribution in [3.8, 4) is 0 Å². The summed E-state index contributed by atoms with van der Waals surface area (Å²) in [7, 11) is 0. The SMILES string of the molecule is Cc1nc2ccc(C(=O)N3CC[C@@](C)(O)[C@H](O)C3)cc2nc1C. The molecule has 0 radical (unpaired) electrons. The molecule has 0 bridgehead atoms. The molecule has 2 heterocycles. The standard InChI is InChI=1S/C17H21N3O3/c1-10-11(2)19-14-8-12(4-5-13(14)18-10)16(22)20-7-6-17(3,23)15(21)9-20/h4-5,8,15,21,23H,6-7,9H2,1-3H3/t15-,17-/m1/s1. The molecule has 1 aliphatic rings. The minimum atomic E-state index is -1.14. The predicted molar refractivity (Wildman–Crippen MR) is 86.2 cm³/mol. The number of fused-ring (bicyclic) bond motifs is 1. The van der Waals surface area contributed by atoms with E-state index in [0.717, 1.165) is 16.9 Å². The molecule has 23 heavy (non-hydrogen) atoms. The van der Waals surface area contributed by atoms with E-state index in [9.17, 15) is 15.0 Å². The zero-order valence-corrected chi connectivity index (χ0v) is 13.6. The van der Waals surface area contributed by atoms with E-state index in [-0.39, 0.29) is 12.5 Å². The van der Waals surface area contributed by atoms with Gasteiger partial charge in [0, 0.05) is 18.7 Å². The van der Waals surface area contributed by atoms with Crippen molar-refractivity contribution in [1.29, 1.82) is 0 Å². The van der Waals surface area contributed by atoms with Gasteiger partial charge in [-0.2, -0.15) is 0 Å². The number of aryl methyl sites for hydroxylation is 2. The summed E-state index contributed by atoms with van der Waals surface area (Å²) in [5.41, 5.74) is 2.53. The van der Waals surface area contributed by atoms with Gasteiger partial charge in [-0.15, -0.1) is 0 Å². The van der Waals surface area contributed by atoms with Crippen molar-refractivity contribution in [3.05, 3.63) is 35.2 Å². The van der Waals surface area contributed by atoms with Crippen molar-refractivity contribution in [2.24, 2.45) is 0 Å². The van der Waals surface area contributed by atoms with Crippen LogP contribution in [0.15, 0.2) is 18.2 Å². The highest BCUT2D eigenvalue weighted by atomic mass is 16.3. The molecule has 1 aliphatic heterocycles. The smallest absolute Gasteiger partial charge is 0.254 e. The minimum absolute atomic E-state index is 0.127. The van der Waals surface area contributed by atoms with Gasteiger partial charge >= 0.3 is 0 Å². The van der Waals surface area contributed by atoms with Gasteiger partial charge in [-0.1, -0.05) is 0 Å². The van der Waals surface area contributed by atoms with Gasteiger partial charge in [-0.3, -0.25) is 4.79 Å². The van der Waals surface area contributed by atoms with E-state index >= 15 is 0 Å². The molecule has 0 aliphatic carbocycles. The molecule has 3 rings (SSSR count). The van der Waals surface area contributed by atoms with Gasteiger partial charge in [0.1, 0.15) is 0 Å². The summed E-state index contributed by atoms with van der Waals surface area (Å²) in [4.78, 5) is 23.1. The number of likely N-dealkylation sites (tertiary alicyclic amines) is 1. The number of aliphatic hydroxyl groups excluding tert-OH is 1. The van der Waals surface area contributed by atoms with Gasteiger partial charge in [0.15, 0.2) is 0 Å². The van der Waals surface area contributed by atoms with Crippen LogP contribution in [0.25, 0.3) is 11.0 Å². The van der Waals surface area contributed by atoms with Gasteiger partial charge in [0.05, 0.1) is 34.1 Å². The summed E-state index contributed by atoms with van der Waals surface area (Å²) in [5, 5.41) is 20.0. The van der Waals surface area contributed by atoms with Crippen LogP contribution in [0.3, 0.4) is 0 Å². The highest BCUT2D eigenvalue weighted by molar-refractivity contribution is 5.97. The topological polar surface area (TPSA) is 86.6 Å². The zero-order chi connectivity index (χ0) is 16.8. The van der Waals surface area contributed by atoms with Gasteiger partial charge in [0.2, 0.25) is 0 Å². The predicted octanol–water partition coefficient (Wildman–Crippen LogP) is 1.20. The number of amides is 1. The fraction of sp³-hybridized carbons (Fsp3) is 0.471. The molecule has 1 aromatic carbocycles. The zero-order valence-electron chi connectivity index (χ0n) is 13.6. The van der Waals surface area contributed by atoms with Crippen LogP contribution < -0.4 is 0 Å². The molecule has 2 aromatic rings. The Hall–Kier alpha value is -2.05. The van der Waals surface area contributed by atoms with Crippen molar-refractivity contribution >= 4 is 16.9 Å². The maximum Gasteiger partial charge on any atom is 0.254 e. The first-order chi connectivity index (χ1) is 10.8. The first-order valence-corrected chi connectivity index (χ1v) is 7.72. The van der Waals surface area contributed by atoms with Gasteiger partial charge in [-0.25, -0.2) is 9.97 Å². The molecule has 0 unspecified atom stereocenters. The van der Waals surface area contributed by atoms with Crippen molar-refractivity contribution in [1.82, 2.24) is 14.9 Å².